The van der Waals surface area contributed by atoms with E-state index in [4.69, 9.17) is 0 Å². The molecular weight excluding hydrogens is 340 g/mol. The Bertz CT molecular complexity index is 917. The van der Waals surface area contributed by atoms with Crippen LogP contribution in [0.2, 0.25) is 0 Å². The van der Waals surface area contributed by atoms with Gasteiger partial charge in [0, 0.05) is 25.4 Å². The lowest BCUT2D eigenvalue weighted by atomic mass is 9.94. The van der Waals surface area contributed by atoms with E-state index in [1.54, 1.807) is 10.9 Å². The third-order valence-corrected chi connectivity index (χ3v) is 5.28. The van der Waals surface area contributed by atoms with Gasteiger partial charge < -0.3 is 5.32 Å². The zero-order chi connectivity index (χ0) is 18.6. The molecule has 7 heteroatoms. The maximum absolute atomic E-state index is 12.8. The van der Waals surface area contributed by atoms with Crippen LogP contribution in [0.5, 0.6) is 0 Å². The summed E-state index contributed by atoms with van der Waals surface area (Å²) in [6.07, 6.45) is 6.86. The van der Waals surface area contributed by atoms with E-state index in [2.05, 4.69) is 15.5 Å². The lowest BCUT2D eigenvalue weighted by Crippen LogP contribution is -2.30. The molecule has 1 aliphatic rings. The zero-order valence-corrected chi connectivity index (χ0v) is 15.7. The van der Waals surface area contributed by atoms with Crippen molar-refractivity contribution in [1.29, 1.82) is 0 Å². The first-order chi connectivity index (χ1) is 13.2. The van der Waals surface area contributed by atoms with E-state index < -0.39 is 0 Å². The van der Waals surface area contributed by atoms with Gasteiger partial charge in [0.05, 0.1) is 12.2 Å². The van der Waals surface area contributed by atoms with Crippen molar-refractivity contribution >= 4 is 0 Å². The van der Waals surface area contributed by atoms with E-state index in [1.165, 1.54) is 0 Å². The highest BCUT2D eigenvalue weighted by atomic mass is 16.2. The number of hydrogen-bond acceptors (Lipinski definition) is 4. The van der Waals surface area contributed by atoms with Crippen molar-refractivity contribution in [3.8, 4) is 5.69 Å². The highest BCUT2D eigenvalue weighted by molar-refractivity contribution is 5.33. The molecule has 3 heterocycles. The number of hydrogen-bond donors (Lipinski definition) is 1. The standard InChI is InChI=1S/C20H26N6O/c1-2-24-19(14-16-8-11-21-12-9-16)23-26(20(24)27)15-17-4-6-18(7-5-17)25-13-3-10-22-25/h3-7,10,13,16,21H,2,8-9,11-12,14-15H2,1H3. The van der Waals surface area contributed by atoms with Gasteiger partial charge in [0.1, 0.15) is 5.82 Å². The first-order valence-electron chi connectivity index (χ1n) is 9.71. The van der Waals surface area contributed by atoms with Crippen LogP contribution in [0, 0.1) is 5.92 Å². The van der Waals surface area contributed by atoms with Gasteiger partial charge in [-0.2, -0.15) is 10.2 Å². The fourth-order valence-electron chi connectivity index (χ4n) is 3.75. The molecule has 0 aliphatic carbocycles. The maximum Gasteiger partial charge on any atom is 0.346 e. The van der Waals surface area contributed by atoms with E-state index in [0.29, 0.717) is 19.0 Å². The summed E-state index contributed by atoms with van der Waals surface area (Å²) in [7, 11) is 0. The number of rotatable bonds is 6. The van der Waals surface area contributed by atoms with Gasteiger partial charge >= 0.3 is 5.69 Å². The van der Waals surface area contributed by atoms with Crippen molar-refractivity contribution in [2.45, 2.75) is 39.3 Å². The lowest BCUT2D eigenvalue weighted by Gasteiger charge is -2.21. The summed E-state index contributed by atoms with van der Waals surface area (Å²) >= 11 is 0. The predicted molar refractivity (Wildman–Crippen MR) is 104 cm³/mol. The second kappa shape index (κ2) is 7.92. The number of piperidine rings is 1. The van der Waals surface area contributed by atoms with Crippen LogP contribution in [0.15, 0.2) is 47.5 Å². The van der Waals surface area contributed by atoms with Gasteiger partial charge in [0.25, 0.3) is 0 Å². The average Bonchev–Trinajstić information content (AvgIpc) is 3.32. The third kappa shape index (κ3) is 3.88. The first kappa shape index (κ1) is 17.7. The van der Waals surface area contributed by atoms with E-state index in [9.17, 15) is 4.79 Å². The number of nitrogens with one attached hydrogen (secondary N) is 1. The van der Waals surface area contributed by atoms with Crippen LogP contribution in [0.1, 0.15) is 31.2 Å². The highest BCUT2D eigenvalue weighted by Gasteiger charge is 2.19. The minimum Gasteiger partial charge on any atom is -0.317 e. The van der Waals surface area contributed by atoms with E-state index in [-0.39, 0.29) is 5.69 Å². The molecule has 1 N–H and O–H groups in total. The minimum absolute atomic E-state index is 0.0161. The van der Waals surface area contributed by atoms with Crippen LogP contribution in [-0.4, -0.2) is 37.2 Å². The predicted octanol–water partition coefficient (Wildman–Crippen LogP) is 1.84. The number of aromatic nitrogens is 5. The van der Waals surface area contributed by atoms with Crippen LogP contribution in [0.25, 0.3) is 5.69 Å². The zero-order valence-electron chi connectivity index (χ0n) is 15.7. The topological polar surface area (TPSA) is 69.7 Å². The summed E-state index contributed by atoms with van der Waals surface area (Å²) in [6, 6.07) is 9.98. The van der Waals surface area contributed by atoms with Crippen molar-refractivity contribution in [3.05, 3.63) is 64.6 Å². The Morgan fingerprint density at radius 2 is 1.96 bits per heavy atom. The Labute approximate surface area is 158 Å². The Hall–Kier alpha value is -2.67. The molecule has 27 heavy (non-hydrogen) atoms. The van der Waals surface area contributed by atoms with E-state index in [1.807, 2.05) is 52.7 Å². The molecule has 1 aromatic carbocycles. The summed E-state index contributed by atoms with van der Waals surface area (Å²) < 4.78 is 5.24. The molecule has 3 aromatic rings. The summed E-state index contributed by atoms with van der Waals surface area (Å²) in [4.78, 5) is 12.8. The van der Waals surface area contributed by atoms with Crippen LogP contribution >= 0.6 is 0 Å². The summed E-state index contributed by atoms with van der Waals surface area (Å²) in [5.41, 5.74) is 2.04. The SMILES string of the molecule is CCn1c(CC2CCNCC2)nn(Cc2ccc(-n3cccn3)cc2)c1=O. The largest absolute Gasteiger partial charge is 0.346 e. The maximum atomic E-state index is 12.8. The number of nitrogens with zero attached hydrogens (tertiary/aromatic N) is 5. The molecule has 0 atom stereocenters. The van der Waals surface area contributed by atoms with Gasteiger partial charge in [-0.15, -0.1) is 0 Å². The summed E-state index contributed by atoms with van der Waals surface area (Å²) in [5, 5.41) is 12.3. The fraction of sp³-hybridized carbons (Fsp3) is 0.450. The molecule has 0 unspecified atom stereocenters. The summed E-state index contributed by atoms with van der Waals surface area (Å²) in [5.74, 6) is 1.53. The van der Waals surface area contributed by atoms with Gasteiger partial charge in [-0.05, 0) is 62.5 Å². The minimum atomic E-state index is -0.0161. The smallest absolute Gasteiger partial charge is 0.317 e. The van der Waals surface area contributed by atoms with Crippen molar-refractivity contribution in [3.63, 3.8) is 0 Å². The molecule has 1 saturated heterocycles. The van der Waals surface area contributed by atoms with Crippen molar-refractivity contribution in [1.82, 2.24) is 29.4 Å². The Kier molecular flexibility index (Phi) is 5.20. The van der Waals surface area contributed by atoms with Crippen LogP contribution in [-0.2, 0) is 19.5 Å². The van der Waals surface area contributed by atoms with Gasteiger partial charge in [-0.25, -0.2) is 14.2 Å². The molecule has 0 bridgehead atoms. The fourth-order valence-corrected chi connectivity index (χ4v) is 3.75. The molecule has 1 aliphatic heterocycles. The Balaban J connectivity index is 1.52. The molecule has 142 valence electrons. The molecule has 0 amide bonds. The molecule has 4 rings (SSSR count). The summed E-state index contributed by atoms with van der Waals surface area (Å²) in [6.45, 7) is 5.29. The molecule has 0 radical (unpaired) electrons. The van der Waals surface area contributed by atoms with Gasteiger partial charge in [0.2, 0.25) is 0 Å². The van der Waals surface area contributed by atoms with Gasteiger partial charge in [-0.1, -0.05) is 12.1 Å². The van der Waals surface area contributed by atoms with Crippen molar-refractivity contribution < 1.29 is 0 Å². The highest BCUT2D eigenvalue weighted by Crippen LogP contribution is 2.16. The van der Waals surface area contributed by atoms with Crippen LogP contribution < -0.4 is 11.0 Å². The Morgan fingerprint density at radius 3 is 2.63 bits per heavy atom. The van der Waals surface area contributed by atoms with Gasteiger partial charge in [-0.3, -0.25) is 4.57 Å². The van der Waals surface area contributed by atoms with E-state index in [0.717, 1.165) is 49.4 Å². The van der Waals surface area contributed by atoms with Crippen molar-refractivity contribution in [2.75, 3.05) is 13.1 Å². The number of benzene rings is 1. The average molecular weight is 366 g/mol. The van der Waals surface area contributed by atoms with Crippen molar-refractivity contribution in [2.24, 2.45) is 5.92 Å². The van der Waals surface area contributed by atoms with E-state index >= 15 is 0 Å². The first-order valence-corrected chi connectivity index (χ1v) is 9.71. The molecule has 1 fully saturated rings. The molecule has 2 aromatic heterocycles. The third-order valence-electron chi connectivity index (χ3n) is 5.28. The second-order valence-electron chi connectivity index (χ2n) is 7.12. The second-order valence-corrected chi connectivity index (χ2v) is 7.12. The van der Waals surface area contributed by atoms with Crippen LogP contribution in [0.4, 0.5) is 0 Å². The molecule has 0 saturated carbocycles. The molecule has 7 nitrogen and oxygen atoms in total. The normalized spacial score (nSPS) is 15.3. The Morgan fingerprint density at radius 1 is 1.19 bits per heavy atom. The van der Waals surface area contributed by atoms with Crippen LogP contribution in [0.3, 0.4) is 0 Å². The van der Waals surface area contributed by atoms with Gasteiger partial charge in [0.15, 0.2) is 0 Å². The molecular formula is C20H26N6O. The molecule has 0 spiro atoms. The lowest BCUT2D eigenvalue weighted by molar-refractivity contribution is 0.362. The quantitative estimate of drug-likeness (QED) is 0.723. The monoisotopic (exact) mass is 366 g/mol.